The molecular formula is C20H29N5O5. The second kappa shape index (κ2) is 8.09. The first kappa shape index (κ1) is 21.0. The van der Waals surface area contributed by atoms with Crippen LogP contribution in [-0.4, -0.2) is 66.7 Å². The molecule has 0 aromatic carbocycles. The minimum Gasteiger partial charge on any atom is -0.462 e. The molecule has 30 heavy (non-hydrogen) atoms. The third-order valence-electron chi connectivity index (χ3n) is 5.66. The number of aliphatic hydroxyl groups excluding tert-OH is 2. The minimum atomic E-state index is -1.22. The van der Waals surface area contributed by atoms with Gasteiger partial charge in [0.05, 0.1) is 11.7 Å². The van der Waals surface area contributed by atoms with Crippen molar-refractivity contribution in [3.05, 3.63) is 12.7 Å². The maximum atomic E-state index is 12.0. The molecule has 0 spiro atoms. The number of aliphatic hydroxyl groups is 2. The SMILES string of the molecule is CC(C)(C)C(=O)OC[C@H]1O[C@@H](n2cnc3c(NC4CCCC4)ncnc32)[C@H](O)[C@@H]1O. The van der Waals surface area contributed by atoms with Crippen molar-refractivity contribution >= 4 is 23.0 Å². The Balaban J connectivity index is 1.51. The molecule has 3 heterocycles. The van der Waals surface area contributed by atoms with Crippen molar-refractivity contribution in [1.82, 2.24) is 19.5 Å². The molecule has 1 aliphatic heterocycles. The van der Waals surface area contributed by atoms with Crippen LogP contribution >= 0.6 is 0 Å². The molecule has 4 atom stereocenters. The van der Waals surface area contributed by atoms with Gasteiger partial charge in [0.1, 0.15) is 31.2 Å². The zero-order valence-corrected chi connectivity index (χ0v) is 17.5. The van der Waals surface area contributed by atoms with Crippen molar-refractivity contribution in [2.75, 3.05) is 11.9 Å². The number of esters is 1. The van der Waals surface area contributed by atoms with E-state index in [0.29, 0.717) is 23.0 Å². The summed E-state index contributed by atoms with van der Waals surface area (Å²) in [4.78, 5) is 25.1. The monoisotopic (exact) mass is 419 g/mol. The van der Waals surface area contributed by atoms with Crippen LogP contribution in [0.3, 0.4) is 0 Å². The molecule has 10 heteroatoms. The molecule has 3 N–H and O–H groups in total. The Morgan fingerprint density at radius 3 is 2.67 bits per heavy atom. The van der Waals surface area contributed by atoms with E-state index < -0.39 is 35.9 Å². The summed E-state index contributed by atoms with van der Waals surface area (Å²) in [5.41, 5.74) is 0.410. The van der Waals surface area contributed by atoms with Crippen LogP contribution < -0.4 is 5.32 Å². The Kier molecular flexibility index (Phi) is 5.65. The Hall–Kier alpha value is -2.30. The van der Waals surface area contributed by atoms with Crippen molar-refractivity contribution < 1.29 is 24.5 Å². The molecule has 2 fully saturated rings. The van der Waals surface area contributed by atoms with E-state index in [4.69, 9.17) is 9.47 Å². The number of nitrogens with one attached hydrogen (secondary N) is 1. The topological polar surface area (TPSA) is 132 Å². The zero-order valence-electron chi connectivity index (χ0n) is 17.5. The fourth-order valence-electron chi connectivity index (χ4n) is 3.88. The summed E-state index contributed by atoms with van der Waals surface area (Å²) < 4.78 is 12.7. The molecule has 2 aromatic rings. The second-order valence-electron chi connectivity index (χ2n) is 9.07. The number of carbonyl (C=O) groups is 1. The number of hydrogen-bond donors (Lipinski definition) is 3. The summed E-state index contributed by atoms with van der Waals surface area (Å²) in [6, 6.07) is 0.366. The van der Waals surface area contributed by atoms with E-state index in [1.165, 1.54) is 25.5 Å². The van der Waals surface area contributed by atoms with E-state index in [2.05, 4.69) is 20.3 Å². The highest BCUT2D eigenvalue weighted by molar-refractivity contribution is 5.82. The molecule has 0 bridgehead atoms. The van der Waals surface area contributed by atoms with Gasteiger partial charge in [-0.1, -0.05) is 12.8 Å². The number of carbonyl (C=O) groups excluding carboxylic acids is 1. The van der Waals surface area contributed by atoms with E-state index in [1.54, 1.807) is 25.3 Å². The molecule has 0 radical (unpaired) electrons. The number of ether oxygens (including phenoxy) is 2. The van der Waals surface area contributed by atoms with Crippen LogP contribution in [0.4, 0.5) is 5.82 Å². The third kappa shape index (κ3) is 3.99. The van der Waals surface area contributed by atoms with Gasteiger partial charge < -0.3 is 25.0 Å². The fourth-order valence-corrected chi connectivity index (χ4v) is 3.88. The number of anilines is 1. The van der Waals surface area contributed by atoms with E-state index in [-0.39, 0.29) is 6.61 Å². The van der Waals surface area contributed by atoms with E-state index in [0.717, 1.165) is 12.8 Å². The fraction of sp³-hybridized carbons (Fsp3) is 0.700. The van der Waals surface area contributed by atoms with Crippen molar-refractivity contribution in [1.29, 1.82) is 0 Å². The molecule has 2 aromatic heterocycles. The number of fused-ring (bicyclic) bond motifs is 1. The van der Waals surface area contributed by atoms with E-state index in [1.807, 2.05) is 0 Å². The molecule has 1 aliphatic carbocycles. The summed E-state index contributed by atoms with van der Waals surface area (Å²) in [6.45, 7) is 5.08. The molecule has 4 rings (SSSR count). The molecule has 1 saturated heterocycles. The van der Waals surface area contributed by atoms with Crippen LogP contribution in [-0.2, 0) is 14.3 Å². The van der Waals surface area contributed by atoms with Gasteiger partial charge in [-0.05, 0) is 33.6 Å². The first-order valence-electron chi connectivity index (χ1n) is 10.4. The zero-order chi connectivity index (χ0) is 21.5. The Morgan fingerprint density at radius 2 is 1.97 bits per heavy atom. The van der Waals surface area contributed by atoms with Crippen LogP contribution in [0.2, 0.25) is 0 Å². The summed E-state index contributed by atoms with van der Waals surface area (Å²) in [5, 5.41) is 24.4. The quantitative estimate of drug-likeness (QED) is 0.615. The number of aromatic nitrogens is 4. The number of rotatable bonds is 5. The van der Waals surface area contributed by atoms with Gasteiger partial charge in [0.2, 0.25) is 0 Å². The van der Waals surface area contributed by atoms with Crippen LogP contribution in [0.5, 0.6) is 0 Å². The average molecular weight is 419 g/mol. The van der Waals surface area contributed by atoms with Gasteiger partial charge in [-0.15, -0.1) is 0 Å². The normalized spacial score (nSPS) is 27.6. The molecule has 2 aliphatic rings. The Morgan fingerprint density at radius 1 is 1.23 bits per heavy atom. The highest BCUT2D eigenvalue weighted by atomic mass is 16.6. The summed E-state index contributed by atoms with van der Waals surface area (Å²) >= 11 is 0. The summed E-state index contributed by atoms with van der Waals surface area (Å²) in [7, 11) is 0. The number of hydrogen-bond acceptors (Lipinski definition) is 9. The Labute approximate surface area is 174 Å². The lowest BCUT2D eigenvalue weighted by molar-refractivity contribution is -0.159. The van der Waals surface area contributed by atoms with Crippen LogP contribution in [0.1, 0.15) is 52.7 Å². The average Bonchev–Trinajstić information content (AvgIpc) is 3.41. The maximum Gasteiger partial charge on any atom is 0.311 e. The molecule has 1 saturated carbocycles. The molecule has 164 valence electrons. The van der Waals surface area contributed by atoms with Gasteiger partial charge in [0.15, 0.2) is 23.2 Å². The number of imidazole rings is 1. The molecular weight excluding hydrogens is 390 g/mol. The smallest absolute Gasteiger partial charge is 0.311 e. The van der Waals surface area contributed by atoms with Crippen molar-refractivity contribution in [2.45, 2.75) is 77.0 Å². The van der Waals surface area contributed by atoms with Gasteiger partial charge in [0.25, 0.3) is 0 Å². The summed E-state index contributed by atoms with van der Waals surface area (Å²) in [6.07, 6.45) is 3.35. The first-order chi connectivity index (χ1) is 14.3. The van der Waals surface area contributed by atoms with Crippen molar-refractivity contribution in [3.8, 4) is 0 Å². The lowest BCUT2D eigenvalue weighted by Gasteiger charge is -2.20. The van der Waals surface area contributed by atoms with Gasteiger partial charge in [-0.2, -0.15) is 0 Å². The van der Waals surface area contributed by atoms with Gasteiger partial charge >= 0.3 is 5.97 Å². The van der Waals surface area contributed by atoms with Crippen LogP contribution in [0, 0.1) is 5.41 Å². The minimum absolute atomic E-state index is 0.152. The molecule has 0 amide bonds. The van der Waals surface area contributed by atoms with E-state index in [9.17, 15) is 15.0 Å². The van der Waals surface area contributed by atoms with Gasteiger partial charge in [0, 0.05) is 6.04 Å². The number of nitrogens with zero attached hydrogens (tertiary/aromatic N) is 4. The maximum absolute atomic E-state index is 12.0. The molecule has 10 nitrogen and oxygen atoms in total. The highest BCUT2D eigenvalue weighted by Gasteiger charge is 2.45. The lowest BCUT2D eigenvalue weighted by Crippen LogP contribution is -2.35. The predicted octanol–water partition coefficient (Wildman–Crippen LogP) is 1.39. The standard InChI is InChI=1S/C20H29N5O5/c1-20(2,3)19(28)29-8-12-14(26)15(27)18(30-12)25-10-23-13-16(21-9-22-17(13)25)24-11-6-4-5-7-11/h9-12,14-15,18,26-27H,4-8H2,1-3H3,(H,21,22,24)/t12-,14-,15-,18-/m1/s1. The highest BCUT2D eigenvalue weighted by Crippen LogP contribution is 2.33. The van der Waals surface area contributed by atoms with E-state index >= 15 is 0 Å². The van der Waals surface area contributed by atoms with Crippen LogP contribution in [0.25, 0.3) is 11.2 Å². The van der Waals surface area contributed by atoms with Crippen molar-refractivity contribution in [2.24, 2.45) is 5.41 Å². The van der Waals surface area contributed by atoms with Crippen molar-refractivity contribution in [3.63, 3.8) is 0 Å². The third-order valence-corrected chi connectivity index (χ3v) is 5.66. The van der Waals surface area contributed by atoms with Gasteiger partial charge in [-0.3, -0.25) is 9.36 Å². The largest absolute Gasteiger partial charge is 0.462 e. The summed E-state index contributed by atoms with van der Waals surface area (Å²) in [5.74, 6) is 0.244. The Bertz CT molecular complexity index is 905. The van der Waals surface area contributed by atoms with Gasteiger partial charge in [-0.25, -0.2) is 15.0 Å². The predicted molar refractivity (Wildman–Crippen MR) is 108 cm³/mol. The molecule has 0 unspecified atom stereocenters. The second-order valence-corrected chi connectivity index (χ2v) is 9.07. The van der Waals surface area contributed by atoms with Crippen LogP contribution in [0.15, 0.2) is 12.7 Å². The first-order valence-corrected chi connectivity index (χ1v) is 10.4. The lowest BCUT2D eigenvalue weighted by atomic mass is 9.97.